The largest absolute Gasteiger partial charge is 0.484 e. The van der Waals surface area contributed by atoms with Crippen molar-refractivity contribution in [1.82, 2.24) is 14.8 Å². The van der Waals surface area contributed by atoms with Crippen LogP contribution in [0, 0.1) is 6.92 Å². The van der Waals surface area contributed by atoms with Crippen LogP contribution in [-0.4, -0.2) is 27.3 Å². The Morgan fingerprint density at radius 1 is 1.00 bits per heavy atom. The van der Waals surface area contributed by atoms with Gasteiger partial charge in [-0.3, -0.25) is 4.79 Å². The SMILES string of the molecule is Cc1ccc(CNc2nc(-c3ccco3)nn2C(=O)COc2ccc3ccccc3c2)cc1. The Labute approximate surface area is 190 Å². The number of nitrogens with zero attached hydrogens (tertiary/aromatic N) is 3. The first-order valence-corrected chi connectivity index (χ1v) is 10.6. The highest BCUT2D eigenvalue weighted by Gasteiger charge is 2.19. The van der Waals surface area contributed by atoms with Gasteiger partial charge >= 0.3 is 0 Å². The van der Waals surface area contributed by atoms with Crippen LogP contribution in [0.2, 0.25) is 0 Å². The van der Waals surface area contributed by atoms with Gasteiger partial charge in [-0.05, 0) is 47.5 Å². The van der Waals surface area contributed by atoms with Gasteiger partial charge < -0.3 is 14.5 Å². The fourth-order valence-electron chi connectivity index (χ4n) is 3.46. The molecule has 0 aliphatic carbocycles. The summed E-state index contributed by atoms with van der Waals surface area (Å²) in [6.07, 6.45) is 1.54. The van der Waals surface area contributed by atoms with Crippen LogP contribution in [0.3, 0.4) is 0 Å². The summed E-state index contributed by atoms with van der Waals surface area (Å²) in [4.78, 5) is 17.5. The predicted molar refractivity (Wildman–Crippen MR) is 126 cm³/mol. The van der Waals surface area contributed by atoms with Crippen molar-refractivity contribution >= 4 is 22.6 Å². The molecule has 5 rings (SSSR count). The molecule has 0 aliphatic rings. The lowest BCUT2D eigenvalue weighted by Crippen LogP contribution is -2.22. The summed E-state index contributed by atoms with van der Waals surface area (Å²) in [5.41, 5.74) is 2.25. The maximum atomic E-state index is 13.0. The highest BCUT2D eigenvalue weighted by molar-refractivity contribution is 5.85. The second kappa shape index (κ2) is 9.00. The summed E-state index contributed by atoms with van der Waals surface area (Å²) >= 11 is 0. The van der Waals surface area contributed by atoms with Crippen LogP contribution in [0.25, 0.3) is 22.4 Å². The molecule has 2 heterocycles. The van der Waals surface area contributed by atoms with E-state index >= 15 is 0 Å². The molecule has 33 heavy (non-hydrogen) atoms. The van der Waals surface area contributed by atoms with Crippen LogP contribution in [0.15, 0.2) is 89.5 Å². The summed E-state index contributed by atoms with van der Waals surface area (Å²) in [5.74, 6) is 1.40. The number of furan rings is 1. The van der Waals surface area contributed by atoms with E-state index in [-0.39, 0.29) is 12.5 Å². The van der Waals surface area contributed by atoms with E-state index in [0.717, 1.165) is 16.3 Å². The second-order valence-electron chi connectivity index (χ2n) is 7.68. The molecule has 2 aromatic heterocycles. The van der Waals surface area contributed by atoms with Crippen LogP contribution in [-0.2, 0) is 6.54 Å². The van der Waals surface area contributed by atoms with Crippen LogP contribution in [0.5, 0.6) is 5.75 Å². The van der Waals surface area contributed by atoms with Gasteiger partial charge in [-0.25, -0.2) is 0 Å². The maximum Gasteiger partial charge on any atom is 0.287 e. The molecule has 0 unspecified atom stereocenters. The average Bonchev–Trinajstić information content (AvgIpc) is 3.52. The third-order valence-electron chi connectivity index (χ3n) is 5.24. The molecule has 3 aromatic carbocycles. The third kappa shape index (κ3) is 4.62. The van der Waals surface area contributed by atoms with Crippen LogP contribution < -0.4 is 10.1 Å². The summed E-state index contributed by atoms with van der Waals surface area (Å²) < 4.78 is 12.4. The highest BCUT2D eigenvalue weighted by Crippen LogP contribution is 2.22. The number of ether oxygens (including phenoxy) is 1. The van der Waals surface area contributed by atoms with E-state index in [9.17, 15) is 4.79 Å². The van der Waals surface area contributed by atoms with E-state index in [0.29, 0.717) is 29.8 Å². The Morgan fingerprint density at radius 2 is 1.82 bits per heavy atom. The van der Waals surface area contributed by atoms with Crippen molar-refractivity contribution < 1.29 is 13.9 Å². The molecule has 0 spiro atoms. The summed E-state index contributed by atoms with van der Waals surface area (Å²) in [7, 11) is 0. The lowest BCUT2D eigenvalue weighted by Gasteiger charge is -2.09. The molecule has 5 aromatic rings. The summed E-state index contributed by atoms with van der Waals surface area (Å²) in [5, 5.41) is 9.72. The number of aryl methyl sites for hydroxylation is 1. The number of anilines is 1. The van der Waals surface area contributed by atoms with E-state index in [4.69, 9.17) is 9.15 Å². The first-order valence-electron chi connectivity index (χ1n) is 10.6. The normalized spacial score (nSPS) is 10.9. The lowest BCUT2D eigenvalue weighted by molar-refractivity contribution is 0.0824. The number of aromatic nitrogens is 3. The number of hydrogen-bond acceptors (Lipinski definition) is 6. The van der Waals surface area contributed by atoms with Crippen molar-refractivity contribution in [2.24, 2.45) is 0 Å². The fourth-order valence-corrected chi connectivity index (χ4v) is 3.46. The molecule has 0 bridgehead atoms. The van der Waals surface area contributed by atoms with Gasteiger partial charge in [0.05, 0.1) is 6.26 Å². The fraction of sp³-hybridized carbons (Fsp3) is 0.115. The molecule has 7 heteroatoms. The number of carbonyl (C=O) groups is 1. The topological polar surface area (TPSA) is 82.2 Å². The van der Waals surface area contributed by atoms with Gasteiger partial charge in [-0.2, -0.15) is 9.67 Å². The number of rotatable bonds is 7. The summed E-state index contributed by atoms with van der Waals surface area (Å²) in [6, 6.07) is 25.4. The molecule has 164 valence electrons. The molecule has 1 N–H and O–H groups in total. The van der Waals surface area contributed by atoms with Gasteiger partial charge in [0, 0.05) is 6.54 Å². The number of fused-ring (bicyclic) bond motifs is 1. The van der Waals surface area contributed by atoms with Gasteiger partial charge in [0.25, 0.3) is 5.91 Å². The second-order valence-corrected chi connectivity index (χ2v) is 7.68. The highest BCUT2D eigenvalue weighted by atomic mass is 16.5. The van der Waals surface area contributed by atoms with Gasteiger partial charge in [0.2, 0.25) is 11.8 Å². The van der Waals surface area contributed by atoms with Crippen LogP contribution >= 0.6 is 0 Å². The molecule has 0 amide bonds. The molecule has 0 radical (unpaired) electrons. The smallest absolute Gasteiger partial charge is 0.287 e. The zero-order chi connectivity index (χ0) is 22.6. The zero-order valence-electron chi connectivity index (χ0n) is 18.1. The van der Waals surface area contributed by atoms with Crippen molar-refractivity contribution in [2.75, 3.05) is 11.9 Å². The van der Waals surface area contributed by atoms with Crippen molar-refractivity contribution in [2.45, 2.75) is 13.5 Å². The first-order chi connectivity index (χ1) is 16.2. The molecule has 0 aliphatic heterocycles. The summed E-state index contributed by atoms with van der Waals surface area (Å²) in [6.45, 7) is 2.35. The monoisotopic (exact) mass is 438 g/mol. The number of hydrogen-bond donors (Lipinski definition) is 1. The minimum Gasteiger partial charge on any atom is -0.484 e. The quantitative estimate of drug-likeness (QED) is 0.370. The van der Waals surface area contributed by atoms with Gasteiger partial charge in [-0.15, -0.1) is 5.10 Å². The number of benzene rings is 3. The number of carbonyl (C=O) groups excluding carboxylic acids is 1. The molecular formula is C26H22N4O3. The van der Waals surface area contributed by atoms with Crippen molar-refractivity contribution in [1.29, 1.82) is 0 Å². The Balaban J connectivity index is 1.35. The Hall–Kier alpha value is -4.39. The van der Waals surface area contributed by atoms with E-state index < -0.39 is 0 Å². The predicted octanol–water partition coefficient (Wildman–Crippen LogP) is 5.33. The zero-order valence-corrected chi connectivity index (χ0v) is 18.1. The van der Waals surface area contributed by atoms with E-state index in [2.05, 4.69) is 15.4 Å². The van der Waals surface area contributed by atoms with Crippen LogP contribution in [0.4, 0.5) is 5.95 Å². The number of nitrogens with one attached hydrogen (secondary N) is 1. The maximum absolute atomic E-state index is 13.0. The first kappa shape index (κ1) is 20.5. The molecule has 0 atom stereocenters. The van der Waals surface area contributed by atoms with Crippen molar-refractivity contribution in [3.63, 3.8) is 0 Å². The molecule has 7 nitrogen and oxygen atoms in total. The Morgan fingerprint density at radius 3 is 2.61 bits per heavy atom. The van der Waals surface area contributed by atoms with E-state index in [1.807, 2.05) is 73.7 Å². The Bertz CT molecular complexity index is 1390. The standard InChI is InChI=1S/C26H22N4O3/c1-18-8-10-19(11-9-18)16-27-26-28-25(23-7-4-14-32-23)29-30(26)24(31)17-33-22-13-12-20-5-2-3-6-21(20)15-22/h2-15H,16-17H2,1H3,(H,27,28,29). The van der Waals surface area contributed by atoms with E-state index in [1.54, 1.807) is 18.4 Å². The van der Waals surface area contributed by atoms with Gasteiger partial charge in [0.1, 0.15) is 5.75 Å². The molecule has 0 saturated heterocycles. The average molecular weight is 438 g/mol. The van der Waals surface area contributed by atoms with Crippen molar-refractivity contribution in [3.05, 3.63) is 96.3 Å². The minimum atomic E-state index is -0.347. The van der Waals surface area contributed by atoms with E-state index in [1.165, 1.54) is 10.2 Å². The van der Waals surface area contributed by atoms with Crippen LogP contribution in [0.1, 0.15) is 15.9 Å². The van der Waals surface area contributed by atoms with Gasteiger partial charge in [0.15, 0.2) is 12.4 Å². The molecular weight excluding hydrogens is 416 g/mol. The van der Waals surface area contributed by atoms with Gasteiger partial charge in [-0.1, -0.05) is 60.2 Å². The lowest BCUT2D eigenvalue weighted by atomic mass is 10.1. The molecule has 0 fully saturated rings. The minimum absolute atomic E-state index is 0.182. The van der Waals surface area contributed by atoms with Crippen molar-refractivity contribution in [3.8, 4) is 17.3 Å². The Kier molecular flexibility index (Phi) is 5.59. The molecule has 0 saturated carbocycles. The third-order valence-corrected chi connectivity index (χ3v) is 5.24.